The first-order valence-electron chi connectivity index (χ1n) is 6.89. The highest BCUT2D eigenvalue weighted by Gasteiger charge is 2.14. The molecule has 0 bridgehead atoms. The number of halogens is 2. The Morgan fingerprint density at radius 2 is 1.95 bits per heavy atom. The maximum absolute atomic E-state index is 13.7. The molecule has 0 saturated carbocycles. The number of rotatable bonds is 4. The Labute approximate surface area is 127 Å². The summed E-state index contributed by atoms with van der Waals surface area (Å²) < 4.78 is 28.5. The van der Waals surface area contributed by atoms with Crippen LogP contribution in [0.2, 0.25) is 0 Å². The number of benzene rings is 1. The molecule has 0 aliphatic carbocycles. The molecule has 0 spiro atoms. The number of nitrogens with zero attached hydrogens (tertiary/aromatic N) is 3. The molecule has 1 N–H and O–H groups in total. The molecule has 0 radical (unpaired) electrons. The largest absolute Gasteiger partial charge is 0.332 e. The molecule has 0 saturated heterocycles. The van der Waals surface area contributed by atoms with Crippen molar-refractivity contribution in [2.75, 3.05) is 7.05 Å². The van der Waals surface area contributed by atoms with Gasteiger partial charge in [0.2, 0.25) is 0 Å². The van der Waals surface area contributed by atoms with Gasteiger partial charge in [0.15, 0.2) is 11.6 Å². The molecule has 0 aliphatic rings. The van der Waals surface area contributed by atoms with Gasteiger partial charge in [-0.2, -0.15) is 5.10 Å². The summed E-state index contributed by atoms with van der Waals surface area (Å²) in [5.74, 6) is -1.39. The van der Waals surface area contributed by atoms with Gasteiger partial charge in [0.25, 0.3) is 0 Å². The van der Waals surface area contributed by atoms with Crippen molar-refractivity contribution >= 4 is 6.03 Å². The van der Waals surface area contributed by atoms with Crippen LogP contribution >= 0.6 is 0 Å². The zero-order valence-electron chi connectivity index (χ0n) is 12.7. The van der Waals surface area contributed by atoms with Crippen molar-refractivity contribution in [1.29, 1.82) is 0 Å². The van der Waals surface area contributed by atoms with Crippen LogP contribution in [0.25, 0.3) is 5.69 Å². The zero-order valence-corrected chi connectivity index (χ0v) is 12.7. The van der Waals surface area contributed by atoms with Crippen LogP contribution in [0.15, 0.2) is 30.5 Å². The fraction of sp³-hybridized carbons (Fsp3) is 0.333. The van der Waals surface area contributed by atoms with Crippen molar-refractivity contribution < 1.29 is 13.6 Å². The Morgan fingerprint density at radius 3 is 2.55 bits per heavy atom. The van der Waals surface area contributed by atoms with Gasteiger partial charge in [0, 0.05) is 19.3 Å². The van der Waals surface area contributed by atoms with Crippen molar-refractivity contribution in [3.8, 4) is 5.69 Å². The van der Waals surface area contributed by atoms with Crippen molar-refractivity contribution in [3.63, 3.8) is 0 Å². The fourth-order valence-corrected chi connectivity index (χ4v) is 1.81. The van der Waals surface area contributed by atoms with Crippen LogP contribution in [0.3, 0.4) is 0 Å². The molecule has 118 valence electrons. The summed E-state index contributed by atoms with van der Waals surface area (Å²) in [5, 5.41) is 6.78. The van der Waals surface area contributed by atoms with E-state index < -0.39 is 11.6 Å². The SMILES string of the molecule is CC(C)N(C)C(=O)NCc1ccn(-c2c(F)cccc2F)n1. The predicted octanol–water partition coefficient (Wildman–Crippen LogP) is 2.70. The number of urea groups is 1. The lowest BCUT2D eigenvalue weighted by Crippen LogP contribution is -2.40. The minimum absolute atomic E-state index is 0.0741. The zero-order chi connectivity index (χ0) is 16.3. The average Bonchev–Trinajstić information content (AvgIpc) is 2.92. The van der Waals surface area contributed by atoms with Crippen LogP contribution in [-0.2, 0) is 6.54 Å². The lowest BCUT2D eigenvalue weighted by atomic mass is 10.3. The van der Waals surface area contributed by atoms with Crippen LogP contribution in [-0.4, -0.2) is 33.8 Å². The lowest BCUT2D eigenvalue weighted by Gasteiger charge is -2.21. The molecule has 0 unspecified atom stereocenters. The molecular formula is C15H18F2N4O. The van der Waals surface area contributed by atoms with E-state index in [0.29, 0.717) is 5.69 Å². The van der Waals surface area contributed by atoms with E-state index in [4.69, 9.17) is 0 Å². The van der Waals surface area contributed by atoms with Gasteiger partial charge >= 0.3 is 6.03 Å². The van der Waals surface area contributed by atoms with Gasteiger partial charge in [-0.25, -0.2) is 18.3 Å². The van der Waals surface area contributed by atoms with E-state index in [0.717, 1.165) is 4.68 Å². The van der Waals surface area contributed by atoms with E-state index >= 15 is 0 Å². The van der Waals surface area contributed by atoms with Gasteiger partial charge in [-0.3, -0.25) is 0 Å². The molecule has 0 aliphatic heterocycles. The molecule has 1 aromatic carbocycles. The molecule has 1 aromatic heterocycles. The molecule has 7 heteroatoms. The number of hydrogen-bond acceptors (Lipinski definition) is 2. The second-order valence-electron chi connectivity index (χ2n) is 5.19. The summed E-state index contributed by atoms with van der Waals surface area (Å²) in [6, 6.07) is 5.06. The van der Waals surface area contributed by atoms with Crippen molar-refractivity contribution in [2.45, 2.75) is 26.4 Å². The summed E-state index contributed by atoms with van der Waals surface area (Å²) >= 11 is 0. The van der Waals surface area contributed by atoms with Crippen LogP contribution < -0.4 is 5.32 Å². The number of carbonyl (C=O) groups is 1. The van der Waals surface area contributed by atoms with Gasteiger partial charge in [-0.05, 0) is 32.0 Å². The van der Waals surface area contributed by atoms with E-state index in [9.17, 15) is 13.6 Å². The standard InChI is InChI=1S/C15H18F2N4O/c1-10(2)20(3)15(22)18-9-11-7-8-21(19-11)14-12(16)5-4-6-13(14)17/h4-8,10H,9H2,1-3H3,(H,18,22). The Morgan fingerprint density at radius 1 is 1.32 bits per heavy atom. The van der Waals surface area contributed by atoms with Crippen LogP contribution in [0.4, 0.5) is 13.6 Å². The van der Waals surface area contributed by atoms with Gasteiger partial charge in [-0.15, -0.1) is 0 Å². The molecule has 2 rings (SSSR count). The highest BCUT2D eigenvalue weighted by atomic mass is 19.1. The number of aromatic nitrogens is 2. The summed E-state index contributed by atoms with van der Waals surface area (Å²) in [4.78, 5) is 13.4. The van der Waals surface area contributed by atoms with Crippen LogP contribution in [0, 0.1) is 11.6 Å². The second-order valence-corrected chi connectivity index (χ2v) is 5.19. The first-order valence-corrected chi connectivity index (χ1v) is 6.89. The Kier molecular flexibility index (Phi) is 4.75. The third kappa shape index (κ3) is 3.41. The molecule has 0 atom stereocenters. The van der Waals surface area contributed by atoms with Crippen molar-refractivity contribution in [2.24, 2.45) is 0 Å². The smallest absolute Gasteiger partial charge is 0.317 e. The van der Waals surface area contributed by atoms with Gasteiger partial charge in [-0.1, -0.05) is 6.07 Å². The first kappa shape index (κ1) is 15.9. The van der Waals surface area contributed by atoms with E-state index in [-0.39, 0.29) is 24.3 Å². The minimum atomic E-state index is -0.696. The van der Waals surface area contributed by atoms with Crippen LogP contribution in [0.1, 0.15) is 19.5 Å². The molecule has 2 amide bonds. The van der Waals surface area contributed by atoms with Gasteiger partial charge in [0.1, 0.15) is 5.69 Å². The number of hydrogen-bond donors (Lipinski definition) is 1. The molecule has 5 nitrogen and oxygen atoms in total. The molecule has 22 heavy (non-hydrogen) atoms. The second kappa shape index (κ2) is 6.55. The monoisotopic (exact) mass is 308 g/mol. The number of amides is 2. The van der Waals surface area contributed by atoms with Gasteiger partial charge < -0.3 is 10.2 Å². The number of carbonyl (C=O) groups excluding carboxylic acids is 1. The topological polar surface area (TPSA) is 50.2 Å². The quantitative estimate of drug-likeness (QED) is 0.944. The van der Waals surface area contributed by atoms with E-state index in [2.05, 4.69) is 10.4 Å². The number of nitrogens with one attached hydrogen (secondary N) is 1. The van der Waals surface area contributed by atoms with Crippen molar-refractivity contribution in [1.82, 2.24) is 20.0 Å². The normalized spacial score (nSPS) is 10.8. The molecule has 2 aromatic rings. The van der Waals surface area contributed by atoms with E-state index in [1.54, 1.807) is 18.0 Å². The third-order valence-electron chi connectivity index (χ3n) is 3.33. The summed E-state index contributed by atoms with van der Waals surface area (Å²) in [5.41, 5.74) is 0.271. The molecule has 1 heterocycles. The Bertz CT molecular complexity index is 649. The minimum Gasteiger partial charge on any atom is -0.332 e. The Balaban J connectivity index is 2.08. The predicted molar refractivity (Wildman–Crippen MR) is 78.6 cm³/mol. The highest BCUT2D eigenvalue weighted by molar-refractivity contribution is 5.74. The lowest BCUT2D eigenvalue weighted by molar-refractivity contribution is 0.197. The average molecular weight is 308 g/mol. The van der Waals surface area contributed by atoms with Crippen molar-refractivity contribution in [3.05, 3.63) is 47.8 Å². The molecular weight excluding hydrogens is 290 g/mol. The van der Waals surface area contributed by atoms with Crippen LogP contribution in [0.5, 0.6) is 0 Å². The Hall–Kier alpha value is -2.44. The third-order valence-corrected chi connectivity index (χ3v) is 3.33. The molecule has 0 fully saturated rings. The highest BCUT2D eigenvalue weighted by Crippen LogP contribution is 2.16. The summed E-state index contributed by atoms with van der Waals surface area (Å²) in [7, 11) is 1.69. The van der Waals surface area contributed by atoms with E-state index in [1.165, 1.54) is 24.4 Å². The van der Waals surface area contributed by atoms with E-state index in [1.807, 2.05) is 13.8 Å². The fourth-order valence-electron chi connectivity index (χ4n) is 1.81. The summed E-state index contributed by atoms with van der Waals surface area (Å²) in [6.07, 6.45) is 1.45. The maximum Gasteiger partial charge on any atom is 0.317 e. The van der Waals surface area contributed by atoms with Gasteiger partial charge in [0.05, 0.1) is 12.2 Å². The summed E-state index contributed by atoms with van der Waals surface area (Å²) in [6.45, 7) is 3.98. The maximum atomic E-state index is 13.7. The number of para-hydroxylation sites is 1. The first-order chi connectivity index (χ1) is 10.4.